The summed E-state index contributed by atoms with van der Waals surface area (Å²) in [6, 6.07) is 20.5. The summed E-state index contributed by atoms with van der Waals surface area (Å²) in [7, 11) is 0. The van der Waals surface area contributed by atoms with E-state index in [0.29, 0.717) is 0 Å². The molecule has 0 saturated carbocycles. The van der Waals surface area contributed by atoms with E-state index in [4.69, 9.17) is 0 Å². The van der Waals surface area contributed by atoms with Gasteiger partial charge in [0.1, 0.15) is 0 Å². The fraction of sp³-hybridized carbons (Fsp3) is 0.350. The molecule has 120 valence electrons. The molecule has 1 aliphatic rings. The molecule has 2 N–H and O–H groups in total. The molecule has 1 saturated heterocycles. The van der Waals surface area contributed by atoms with Gasteiger partial charge in [0, 0.05) is 0 Å². The quantitative estimate of drug-likeness (QED) is 0.891. The minimum absolute atomic E-state index is 0.0613. The van der Waals surface area contributed by atoms with Gasteiger partial charge in [-0.25, -0.2) is 0 Å². The lowest BCUT2D eigenvalue weighted by Gasteiger charge is -2.33. The van der Waals surface area contributed by atoms with Gasteiger partial charge >= 0.3 is 0 Å². The van der Waals surface area contributed by atoms with Crippen molar-refractivity contribution in [3.05, 3.63) is 71.8 Å². The van der Waals surface area contributed by atoms with Crippen molar-refractivity contribution in [1.82, 2.24) is 10.6 Å². The first-order chi connectivity index (χ1) is 11.2. The molecule has 2 aromatic rings. The van der Waals surface area contributed by atoms with Gasteiger partial charge in [0.05, 0.1) is 11.6 Å². The molecule has 1 fully saturated rings. The molecule has 2 atom stereocenters. The van der Waals surface area contributed by atoms with E-state index in [-0.39, 0.29) is 11.9 Å². The largest absolute Gasteiger partial charge is 0.345 e. The molecule has 0 bridgehead atoms. The predicted octanol–water partition coefficient (Wildman–Crippen LogP) is 3.01. The third-order valence-corrected chi connectivity index (χ3v) is 4.59. The topological polar surface area (TPSA) is 41.1 Å². The Morgan fingerprint density at radius 2 is 1.78 bits per heavy atom. The number of carbonyl (C=O) groups excluding carboxylic acids is 1. The van der Waals surface area contributed by atoms with Crippen LogP contribution < -0.4 is 10.6 Å². The van der Waals surface area contributed by atoms with Gasteiger partial charge < -0.3 is 10.6 Å². The first-order valence-electron chi connectivity index (χ1n) is 8.32. The maximum absolute atomic E-state index is 12.7. The van der Waals surface area contributed by atoms with Crippen molar-refractivity contribution in [3.8, 4) is 0 Å². The third-order valence-electron chi connectivity index (χ3n) is 4.59. The second-order valence-corrected chi connectivity index (χ2v) is 6.50. The summed E-state index contributed by atoms with van der Waals surface area (Å²) >= 11 is 0. The van der Waals surface area contributed by atoms with Crippen molar-refractivity contribution in [2.75, 3.05) is 6.54 Å². The Morgan fingerprint density at radius 1 is 1.13 bits per heavy atom. The van der Waals surface area contributed by atoms with E-state index >= 15 is 0 Å². The SMILES string of the molecule is C[C@](Cc1ccccc1)(NC(=O)[C@@H]1CCCN1)c1ccccc1. The Labute approximate surface area is 138 Å². The lowest BCUT2D eigenvalue weighted by Crippen LogP contribution is -2.51. The standard InChI is InChI=1S/C20H24N2O/c1-20(17-11-6-3-7-12-17,15-16-9-4-2-5-10-16)22-19(23)18-13-8-14-21-18/h2-7,9-12,18,21H,8,13-15H2,1H3,(H,22,23)/t18-,20+/m0/s1. The van der Waals surface area contributed by atoms with Gasteiger partial charge in [-0.3, -0.25) is 4.79 Å². The highest BCUT2D eigenvalue weighted by Crippen LogP contribution is 2.26. The molecule has 3 rings (SSSR count). The van der Waals surface area contributed by atoms with Crippen LogP contribution in [0.4, 0.5) is 0 Å². The zero-order chi connectivity index (χ0) is 16.1. The molecule has 1 amide bonds. The van der Waals surface area contributed by atoms with Crippen molar-refractivity contribution in [1.29, 1.82) is 0 Å². The molecule has 0 spiro atoms. The van der Waals surface area contributed by atoms with Crippen molar-refractivity contribution >= 4 is 5.91 Å². The average molecular weight is 308 g/mol. The monoisotopic (exact) mass is 308 g/mol. The molecule has 23 heavy (non-hydrogen) atoms. The second kappa shape index (κ2) is 6.97. The highest BCUT2D eigenvalue weighted by Gasteiger charge is 2.32. The maximum atomic E-state index is 12.7. The Morgan fingerprint density at radius 3 is 2.39 bits per heavy atom. The fourth-order valence-electron chi connectivity index (χ4n) is 3.30. The summed E-state index contributed by atoms with van der Waals surface area (Å²) < 4.78 is 0. The predicted molar refractivity (Wildman–Crippen MR) is 93.1 cm³/mol. The summed E-state index contributed by atoms with van der Waals surface area (Å²) in [5.41, 5.74) is 1.94. The van der Waals surface area contributed by atoms with E-state index in [2.05, 4.69) is 41.8 Å². The van der Waals surface area contributed by atoms with E-state index in [1.807, 2.05) is 36.4 Å². The van der Waals surface area contributed by atoms with Crippen molar-refractivity contribution in [3.63, 3.8) is 0 Å². The first kappa shape index (κ1) is 15.8. The molecule has 3 nitrogen and oxygen atoms in total. The maximum Gasteiger partial charge on any atom is 0.237 e. The van der Waals surface area contributed by atoms with Gasteiger partial charge in [0.25, 0.3) is 0 Å². The van der Waals surface area contributed by atoms with E-state index < -0.39 is 5.54 Å². The van der Waals surface area contributed by atoms with Gasteiger partial charge in [0.15, 0.2) is 0 Å². The molecule has 1 heterocycles. The Bertz CT molecular complexity index is 635. The van der Waals surface area contributed by atoms with Crippen LogP contribution in [0.1, 0.15) is 30.9 Å². The molecule has 0 aliphatic carbocycles. The van der Waals surface area contributed by atoms with Crippen LogP contribution in [0.15, 0.2) is 60.7 Å². The molecule has 1 aliphatic heterocycles. The van der Waals surface area contributed by atoms with Gasteiger partial charge in [-0.1, -0.05) is 60.7 Å². The number of carbonyl (C=O) groups is 1. The number of rotatable bonds is 5. The van der Waals surface area contributed by atoms with Crippen LogP contribution >= 0.6 is 0 Å². The fourth-order valence-corrected chi connectivity index (χ4v) is 3.30. The summed E-state index contributed by atoms with van der Waals surface area (Å²) in [5, 5.41) is 6.58. The summed E-state index contributed by atoms with van der Waals surface area (Å²) in [6.07, 6.45) is 2.76. The third kappa shape index (κ3) is 3.80. The van der Waals surface area contributed by atoms with E-state index in [9.17, 15) is 4.79 Å². The Kier molecular flexibility index (Phi) is 4.77. The van der Waals surface area contributed by atoms with E-state index in [0.717, 1.165) is 31.4 Å². The van der Waals surface area contributed by atoms with Gasteiger partial charge in [-0.2, -0.15) is 0 Å². The molecule has 0 unspecified atom stereocenters. The van der Waals surface area contributed by atoms with Crippen LogP contribution in [0.3, 0.4) is 0 Å². The van der Waals surface area contributed by atoms with Crippen molar-refractivity contribution in [2.45, 2.75) is 37.8 Å². The molecule has 0 radical (unpaired) electrons. The molecular weight excluding hydrogens is 284 g/mol. The van der Waals surface area contributed by atoms with Crippen molar-refractivity contribution in [2.24, 2.45) is 0 Å². The van der Waals surface area contributed by atoms with Crippen LogP contribution in [-0.4, -0.2) is 18.5 Å². The highest BCUT2D eigenvalue weighted by molar-refractivity contribution is 5.83. The van der Waals surface area contributed by atoms with Gasteiger partial charge in [0.2, 0.25) is 5.91 Å². The number of hydrogen-bond donors (Lipinski definition) is 2. The summed E-state index contributed by atoms with van der Waals surface area (Å²) in [4.78, 5) is 12.7. The normalized spacial score (nSPS) is 20.0. The Balaban J connectivity index is 1.85. The van der Waals surface area contributed by atoms with Gasteiger partial charge in [-0.05, 0) is 43.9 Å². The van der Waals surface area contributed by atoms with Gasteiger partial charge in [-0.15, -0.1) is 0 Å². The zero-order valence-corrected chi connectivity index (χ0v) is 13.6. The number of benzene rings is 2. The summed E-state index contributed by atoms with van der Waals surface area (Å²) in [6.45, 7) is 3.04. The minimum atomic E-state index is -0.413. The van der Waals surface area contributed by atoms with Crippen molar-refractivity contribution < 1.29 is 4.79 Å². The average Bonchev–Trinajstić information content (AvgIpc) is 3.11. The van der Waals surface area contributed by atoms with Crippen LogP contribution in [0, 0.1) is 0 Å². The van der Waals surface area contributed by atoms with E-state index in [1.54, 1.807) is 0 Å². The van der Waals surface area contributed by atoms with Crippen LogP contribution in [0.5, 0.6) is 0 Å². The van der Waals surface area contributed by atoms with Crippen LogP contribution in [0.25, 0.3) is 0 Å². The first-order valence-corrected chi connectivity index (χ1v) is 8.32. The van der Waals surface area contributed by atoms with Crippen LogP contribution in [-0.2, 0) is 16.8 Å². The molecule has 0 aromatic heterocycles. The molecular formula is C20H24N2O. The Hall–Kier alpha value is -2.13. The number of amides is 1. The lowest BCUT2D eigenvalue weighted by molar-refractivity contribution is -0.124. The van der Waals surface area contributed by atoms with Crippen LogP contribution in [0.2, 0.25) is 0 Å². The molecule has 3 heteroatoms. The number of hydrogen-bond acceptors (Lipinski definition) is 2. The lowest BCUT2D eigenvalue weighted by atomic mass is 9.85. The second-order valence-electron chi connectivity index (χ2n) is 6.50. The minimum Gasteiger partial charge on any atom is -0.345 e. The highest BCUT2D eigenvalue weighted by atomic mass is 16.2. The number of nitrogens with one attached hydrogen (secondary N) is 2. The molecule has 2 aromatic carbocycles. The van der Waals surface area contributed by atoms with E-state index in [1.165, 1.54) is 5.56 Å². The summed E-state index contributed by atoms with van der Waals surface area (Å²) in [5.74, 6) is 0.102. The zero-order valence-electron chi connectivity index (χ0n) is 13.6. The smallest absolute Gasteiger partial charge is 0.237 e.